The van der Waals surface area contributed by atoms with Crippen molar-refractivity contribution in [2.45, 2.75) is 33.2 Å². The summed E-state index contributed by atoms with van der Waals surface area (Å²) in [5.74, 6) is 0.450. The highest BCUT2D eigenvalue weighted by Crippen LogP contribution is 2.34. The summed E-state index contributed by atoms with van der Waals surface area (Å²) in [6, 6.07) is 10.9. The molecule has 140 valence electrons. The molecule has 0 aromatic heterocycles. The van der Waals surface area contributed by atoms with Gasteiger partial charge < -0.3 is 14.8 Å². The van der Waals surface area contributed by atoms with Gasteiger partial charge in [0.15, 0.2) is 11.6 Å². The van der Waals surface area contributed by atoms with E-state index >= 15 is 0 Å². The molecule has 0 heterocycles. The Morgan fingerprint density at radius 2 is 1.88 bits per heavy atom. The van der Waals surface area contributed by atoms with Crippen LogP contribution in [0.25, 0.3) is 0 Å². The van der Waals surface area contributed by atoms with Gasteiger partial charge in [-0.05, 0) is 48.7 Å². The number of amides is 1. The van der Waals surface area contributed by atoms with Gasteiger partial charge in [0.05, 0.1) is 6.04 Å². The summed E-state index contributed by atoms with van der Waals surface area (Å²) in [6.45, 7) is 5.81. The third-order valence-corrected chi connectivity index (χ3v) is 3.82. The molecule has 1 N–H and O–H groups in total. The maximum Gasteiger partial charge on any atom is 0.217 e. The average molecular weight is 380 g/mol. The summed E-state index contributed by atoms with van der Waals surface area (Å²) >= 11 is 5.86. The Hall–Kier alpha value is -2.27. The predicted molar refractivity (Wildman–Crippen MR) is 100 cm³/mol. The van der Waals surface area contributed by atoms with Crippen molar-refractivity contribution in [3.8, 4) is 17.2 Å². The molecule has 6 heteroatoms. The van der Waals surface area contributed by atoms with Gasteiger partial charge in [-0.1, -0.05) is 31.5 Å². The van der Waals surface area contributed by atoms with Crippen LogP contribution in [-0.2, 0) is 4.79 Å². The summed E-state index contributed by atoms with van der Waals surface area (Å²) < 4.78 is 25.7. The largest absolute Gasteiger partial charge is 0.487 e. The first-order valence-corrected chi connectivity index (χ1v) is 8.84. The van der Waals surface area contributed by atoms with Crippen LogP contribution in [0.1, 0.15) is 27.2 Å². The maximum absolute atomic E-state index is 14.3. The van der Waals surface area contributed by atoms with Crippen molar-refractivity contribution in [1.29, 1.82) is 0 Å². The SMILES string of the molecule is CC(=O)N[C@H](COc1cccc(F)c1Oc1ccc(Cl)cc1)CC(C)C. The Morgan fingerprint density at radius 3 is 2.50 bits per heavy atom. The lowest BCUT2D eigenvalue weighted by Gasteiger charge is -2.21. The number of hydrogen-bond acceptors (Lipinski definition) is 3. The zero-order valence-electron chi connectivity index (χ0n) is 15.1. The molecule has 4 nitrogen and oxygen atoms in total. The van der Waals surface area contributed by atoms with Crippen LogP contribution in [0.5, 0.6) is 17.2 Å². The molecule has 0 bridgehead atoms. The van der Waals surface area contributed by atoms with Crippen molar-refractivity contribution in [3.05, 3.63) is 53.3 Å². The number of nitrogens with one attached hydrogen (secondary N) is 1. The average Bonchev–Trinajstić information content (AvgIpc) is 2.56. The van der Waals surface area contributed by atoms with Gasteiger partial charge in [0.1, 0.15) is 12.4 Å². The molecule has 0 spiro atoms. The highest BCUT2D eigenvalue weighted by Gasteiger charge is 2.17. The fourth-order valence-electron chi connectivity index (χ4n) is 2.54. The molecule has 26 heavy (non-hydrogen) atoms. The smallest absolute Gasteiger partial charge is 0.217 e. The summed E-state index contributed by atoms with van der Waals surface area (Å²) in [5, 5.41) is 3.42. The van der Waals surface area contributed by atoms with Crippen LogP contribution in [0.2, 0.25) is 5.02 Å². The van der Waals surface area contributed by atoms with E-state index in [-0.39, 0.29) is 30.1 Å². The molecule has 0 radical (unpaired) electrons. The molecule has 0 saturated carbocycles. The number of carbonyl (C=O) groups excluding carboxylic acids is 1. The lowest BCUT2D eigenvalue weighted by Crippen LogP contribution is -2.38. The molecule has 1 amide bonds. The minimum Gasteiger partial charge on any atom is -0.487 e. The van der Waals surface area contributed by atoms with Crippen LogP contribution in [0, 0.1) is 11.7 Å². The van der Waals surface area contributed by atoms with E-state index in [0.29, 0.717) is 16.7 Å². The number of ether oxygens (including phenoxy) is 2. The first kappa shape index (κ1) is 20.0. The van der Waals surface area contributed by atoms with Crippen molar-refractivity contribution in [3.63, 3.8) is 0 Å². The summed E-state index contributed by atoms with van der Waals surface area (Å²) in [6.07, 6.45) is 0.752. The number of benzene rings is 2. The molecule has 1 atom stereocenters. The van der Waals surface area contributed by atoms with Crippen molar-refractivity contribution >= 4 is 17.5 Å². The predicted octanol–water partition coefficient (Wildman–Crippen LogP) is 5.20. The maximum atomic E-state index is 14.3. The van der Waals surface area contributed by atoms with Crippen LogP contribution in [0.3, 0.4) is 0 Å². The van der Waals surface area contributed by atoms with Crippen LogP contribution >= 0.6 is 11.6 Å². The van der Waals surface area contributed by atoms with Gasteiger partial charge in [0.25, 0.3) is 0 Å². The Balaban J connectivity index is 2.14. The third-order valence-electron chi connectivity index (χ3n) is 3.57. The van der Waals surface area contributed by atoms with Gasteiger partial charge >= 0.3 is 0 Å². The molecule has 0 fully saturated rings. The van der Waals surface area contributed by atoms with Gasteiger partial charge in [0, 0.05) is 11.9 Å². The zero-order valence-corrected chi connectivity index (χ0v) is 15.8. The van der Waals surface area contributed by atoms with Gasteiger partial charge in [-0.25, -0.2) is 4.39 Å². The van der Waals surface area contributed by atoms with E-state index in [2.05, 4.69) is 19.2 Å². The van der Waals surface area contributed by atoms with Gasteiger partial charge in [-0.2, -0.15) is 0 Å². The molecular weight excluding hydrogens is 357 g/mol. The molecule has 0 aliphatic carbocycles. The fourth-order valence-corrected chi connectivity index (χ4v) is 2.66. The second-order valence-corrected chi connectivity index (χ2v) is 6.90. The Bertz CT molecular complexity index is 734. The second kappa shape index (κ2) is 9.43. The Morgan fingerprint density at radius 1 is 1.19 bits per heavy atom. The van der Waals surface area contributed by atoms with E-state index in [4.69, 9.17) is 21.1 Å². The van der Waals surface area contributed by atoms with Gasteiger partial charge in [0.2, 0.25) is 11.7 Å². The number of carbonyl (C=O) groups is 1. The first-order valence-electron chi connectivity index (χ1n) is 8.47. The van der Waals surface area contributed by atoms with E-state index in [9.17, 15) is 9.18 Å². The van der Waals surface area contributed by atoms with Gasteiger partial charge in [-0.15, -0.1) is 0 Å². The minimum atomic E-state index is -0.530. The van der Waals surface area contributed by atoms with E-state index in [0.717, 1.165) is 6.42 Å². The number of hydrogen-bond donors (Lipinski definition) is 1. The normalized spacial score (nSPS) is 11.9. The van der Waals surface area contributed by atoms with E-state index < -0.39 is 5.82 Å². The summed E-state index contributed by atoms with van der Waals surface area (Å²) in [5.41, 5.74) is 0. The van der Waals surface area contributed by atoms with Crippen LogP contribution < -0.4 is 14.8 Å². The third kappa shape index (κ3) is 6.23. The molecule has 2 aromatic carbocycles. The van der Waals surface area contributed by atoms with Crippen LogP contribution in [-0.4, -0.2) is 18.6 Å². The van der Waals surface area contributed by atoms with E-state index in [1.165, 1.54) is 13.0 Å². The highest BCUT2D eigenvalue weighted by molar-refractivity contribution is 6.30. The molecular formula is C20H23ClFNO3. The highest BCUT2D eigenvalue weighted by atomic mass is 35.5. The first-order chi connectivity index (χ1) is 12.3. The van der Waals surface area contributed by atoms with E-state index in [1.54, 1.807) is 36.4 Å². The van der Waals surface area contributed by atoms with Crippen molar-refractivity contribution < 1.29 is 18.7 Å². The van der Waals surface area contributed by atoms with E-state index in [1.807, 2.05) is 0 Å². The van der Waals surface area contributed by atoms with Crippen molar-refractivity contribution in [2.75, 3.05) is 6.61 Å². The monoisotopic (exact) mass is 379 g/mol. The quantitative estimate of drug-likeness (QED) is 0.685. The van der Waals surface area contributed by atoms with Crippen molar-refractivity contribution in [2.24, 2.45) is 5.92 Å². The lowest BCUT2D eigenvalue weighted by atomic mass is 10.0. The molecule has 0 aliphatic rings. The van der Waals surface area contributed by atoms with Crippen LogP contribution in [0.15, 0.2) is 42.5 Å². The van der Waals surface area contributed by atoms with Gasteiger partial charge in [-0.3, -0.25) is 4.79 Å². The molecule has 0 unspecified atom stereocenters. The Labute approximate surface area is 158 Å². The number of halogens is 2. The summed E-state index contributed by atoms with van der Waals surface area (Å²) in [4.78, 5) is 11.4. The number of rotatable bonds is 8. The lowest BCUT2D eigenvalue weighted by molar-refractivity contribution is -0.120. The molecule has 0 saturated heterocycles. The zero-order chi connectivity index (χ0) is 19.1. The molecule has 0 aliphatic heterocycles. The second-order valence-electron chi connectivity index (χ2n) is 6.46. The number of para-hydroxylation sites is 1. The Kier molecular flexibility index (Phi) is 7.27. The standard InChI is InChI=1S/C20H23ClFNO3/c1-13(2)11-16(23-14(3)24)12-25-19-6-4-5-18(22)20(19)26-17-9-7-15(21)8-10-17/h4-10,13,16H,11-12H2,1-3H3,(H,23,24)/t16-/m0/s1. The molecule has 2 rings (SSSR count). The van der Waals surface area contributed by atoms with Crippen LogP contribution in [0.4, 0.5) is 4.39 Å². The van der Waals surface area contributed by atoms with Crippen molar-refractivity contribution in [1.82, 2.24) is 5.32 Å². The fraction of sp³-hybridized carbons (Fsp3) is 0.350. The topological polar surface area (TPSA) is 47.6 Å². The minimum absolute atomic E-state index is 0.000874. The summed E-state index contributed by atoms with van der Waals surface area (Å²) in [7, 11) is 0. The molecule has 2 aromatic rings.